The van der Waals surface area contributed by atoms with Crippen LogP contribution in [0.5, 0.6) is 34.5 Å². The molecule has 57 heavy (non-hydrogen) atoms. The minimum Gasteiger partial charge on any atom is -0.458 e. The predicted octanol–water partition coefficient (Wildman–Crippen LogP) is 8.82. The molecule has 0 amide bonds. The van der Waals surface area contributed by atoms with Gasteiger partial charge in [0.25, 0.3) is 6.71 Å². The number of hydrogen-bond acceptors (Lipinski definition) is 6. The minimum atomic E-state index is -0.0825. The Labute approximate surface area is 323 Å². The molecule has 264 valence electrons. The fraction of sp³-hybridized carbons (Fsp3) is 0. The van der Waals surface area contributed by atoms with Gasteiger partial charge in [0.1, 0.15) is 40.3 Å². The molecular formula is C47H25BN6O3. The summed E-state index contributed by atoms with van der Waals surface area (Å²) < 4.78 is 26.4. The van der Waals surface area contributed by atoms with Crippen LogP contribution < -0.4 is 30.6 Å². The molecule has 0 aliphatic carbocycles. The molecule has 7 aromatic carbocycles. The Morgan fingerprint density at radius 3 is 1.60 bits per heavy atom. The summed E-state index contributed by atoms with van der Waals surface area (Å²) in [5.41, 5.74) is 10.6. The van der Waals surface area contributed by atoms with Gasteiger partial charge in [-0.25, -0.2) is 14.5 Å². The van der Waals surface area contributed by atoms with Crippen LogP contribution in [-0.2, 0) is 0 Å². The van der Waals surface area contributed by atoms with Gasteiger partial charge in [-0.15, -0.1) is 0 Å². The lowest BCUT2D eigenvalue weighted by atomic mass is 9.34. The van der Waals surface area contributed by atoms with E-state index in [2.05, 4.69) is 105 Å². The normalized spacial score (nSPS) is 13.3. The summed E-state index contributed by atoms with van der Waals surface area (Å²) in [6.07, 6.45) is 0. The Hall–Kier alpha value is -7.85. The Balaban J connectivity index is 1.07. The van der Waals surface area contributed by atoms with Crippen LogP contribution in [0.1, 0.15) is 0 Å². The van der Waals surface area contributed by atoms with Crippen molar-refractivity contribution in [2.24, 2.45) is 0 Å². The quantitative estimate of drug-likeness (QED) is 0.169. The number of imidazole rings is 2. The van der Waals surface area contributed by atoms with E-state index in [1.165, 1.54) is 0 Å². The first-order valence-corrected chi connectivity index (χ1v) is 19.0. The van der Waals surface area contributed by atoms with E-state index in [0.717, 1.165) is 112 Å². The molecule has 0 radical (unpaired) electrons. The molecule has 0 saturated carbocycles. The number of benzene rings is 7. The van der Waals surface area contributed by atoms with Crippen molar-refractivity contribution in [3.63, 3.8) is 0 Å². The summed E-state index contributed by atoms with van der Waals surface area (Å²) in [7, 11) is 0. The molecule has 0 fully saturated rings. The monoisotopic (exact) mass is 732 g/mol. The second kappa shape index (κ2) is 10.5. The number of para-hydroxylation sites is 6. The van der Waals surface area contributed by atoms with Crippen LogP contribution in [0.15, 0.2) is 152 Å². The van der Waals surface area contributed by atoms with Crippen LogP contribution >= 0.6 is 0 Å². The average Bonchev–Trinajstić information content (AvgIpc) is 3.90. The molecular weight excluding hydrogens is 707 g/mol. The summed E-state index contributed by atoms with van der Waals surface area (Å²) in [5.74, 6) is 6.56. The largest absolute Gasteiger partial charge is 0.458 e. The van der Waals surface area contributed by atoms with Gasteiger partial charge in [-0.3, -0.25) is 8.97 Å². The van der Waals surface area contributed by atoms with Crippen molar-refractivity contribution < 1.29 is 14.2 Å². The Kier molecular flexibility index (Phi) is 5.42. The highest BCUT2D eigenvalue weighted by Crippen LogP contribution is 2.44. The van der Waals surface area contributed by atoms with Crippen LogP contribution in [0.3, 0.4) is 0 Å². The zero-order valence-corrected chi connectivity index (χ0v) is 29.9. The molecule has 9 nitrogen and oxygen atoms in total. The van der Waals surface area contributed by atoms with Crippen molar-refractivity contribution in [3.05, 3.63) is 152 Å². The number of nitrogens with zero attached hydrogens (tertiary/aromatic N) is 6. The molecule has 0 N–H and O–H groups in total. The molecule has 10 heteroatoms. The summed E-state index contributed by atoms with van der Waals surface area (Å²) in [5, 5.41) is 2.30. The zero-order chi connectivity index (χ0) is 36.9. The van der Waals surface area contributed by atoms with Crippen LogP contribution in [0, 0.1) is 0 Å². The second-order valence-electron chi connectivity index (χ2n) is 14.8. The first kappa shape index (κ1) is 29.5. The first-order valence-electron chi connectivity index (χ1n) is 19.0. The predicted molar refractivity (Wildman–Crippen MR) is 223 cm³/mol. The molecule has 0 atom stereocenters. The SMILES string of the molecule is c1cc2c3c(c1)Oc1cc(-c4cc(-n5c6ccccc6c6ccccc65)nc(-n5c6ccccc6n6c7ccccc7nc56)n4)cc4c1B3c1c(cccc1O4)O2. The number of rotatable bonds is 3. The Morgan fingerprint density at radius 1 is 0.421 bits per heavy atom. The average molecular weight is 733 g/mol. The van der Waals surface area contributed by atoms with Crippen LogP contribution in [0.4, 0.5) is 0 Å². The number of fused-ring (bicyclic) bond motifs is 8. The molecule has 0 bridgehead atoms. The van der Waals surface area contributed by atoms with Gasteiger partial charge >= 0.3 is 0 Å². The molecule has 3 aliphatic heterocycles. The van der Waals surface area contributed by atoms with Crippen LogP contribution in [0.25, 0.3) is 72.7 Å². The molecule has 4 aromatic heterocycles. The highest BCUT2D eigenvalue weighted by atomic mass is 16.5. The summed E-state index contributed by atoms with van der Waals surface area (Å²) in [6.45, 7) is -0.0825. The summed E-state index contributed by atoms with van der Waals surface area (Å²) >= 11 is 0. The van der Waals surface area contributed by atoms with Crippen LogP contribution in [-0.4, -0.2) is 35.2 Å². The van der Waals surface area contributed by atoms with Crippen molar-refractivity contribution >= 4 is 72.8 Å². The maximum atomic E-state index is 6.75. The lowest BCUT2D eigenvalue weighted by Crippen LogP contribution is -2.59. The standard InChI is InChI=1S/C47H25BN6O3/c1-4-14-31-27(11-1)28-12-2-5-15-32(28)52(31)42-25-30(49-46(51-42)54-35-18-8-7-17-34(35)53-33-16-6-3-13-29(33)50-47(53)54)26-23-40-45-41(24-26)57-39-22-10-20-37-44(39)48(45)43-36(55-37)19-9-21-38(43)56-40/h1-25H. The Morgan fingerprint density at radius 2 is 0.947 bits per heavy atom. The van der Waals surface area contributed by atoms with Gasteiger partial charge < -0.3 is 14.2 Å². The second-order valence-corrected chi connectivity index (χ2v) is 14.8. The summed E-state index contributed by atoms with van der Waals surface area (Å²) in [4.78, 5) is 16.0. The molecule has 0 saturated heterocycles. The minimum absolute atomic E-state index is 0.0825. The van der Waals surface area contributed by atoms with E-state index >= 15 is 0 Å². The van der Waals surface area contributed by atoms with E-state index in [4.69, 9.17) is 29.2 Å². The van der Waals surface area contributed by atoms with Crippen molar-refractivity contribution in [2.75, 3.05) is 0 Å². The lowest BCUT2D eigenvalue weighted by molar-refractivity contribution is 0.443. The third-order valence-electron chi connectivity index (χ3n) is 11.8. The van der Waals surface area contributed by atoms with Gasteiger partial charge in [0.2, 0.25) is 11.7 Å². The smallest absolute Gasteiger partial charge is 0.270 e. The van der Waals surface area contributed by atoms with E-state index in [-0.39, 0.29) is 6.71 Å². The third kappa shape index (κ3) is 3.81. The zero-order valence-electron chi connectivity index (χ0n) is 29.9. The van der Waals surface area contributed by atoms with Crippen molar-refractivity contribution in [1.82, 2.24) is 28.5 Å². The highest BCUT2D eigenvalue weighted by Gasteiger charge is 2.46. The van der Waals surface area contributed by atoms with Gasteiger partial charge in [-0.1, -0.05) is 72.8 Å². The van der Waals surface area contributed by atoms with E-state index in [1.807, 2.05) is 60.7 Å². The van der Waals surface area contributed by atoms with Gasteiger partial charge in [0.15, 0.2) is 0 Å². The van der Waals surface area contributed by atoms with Crippen LogP contribution in [0.2, 0.25) is 0 Å². The molecule has 7 heterocycles. The van der Waals surface area contributed by atoms with E-state index in [1.54, 1.807) is 0 Å². The fourth-order valence-electron chi connectivity index (χ4n) is 9.47. The fourth-order valence-corrected chi connectivity index (χ4v) is 9.47. The molecule has 0 spiro atoms. The maximum Gasteiger partial charge on any atom is 0.270 e. The van der Waals surface area contributed by atoms with Crippen molar-refractivity contribution in [2.45, 2.75) is 0 Å². The molecule has 14 rings (SSSR count). The number of hydrogen-bond donors (Lipinski definition) is 0. The highest BCUT2D eigenvalue weighted by molar-refractivity contribution is 6.99. The van der Waals surface area contributed by atoms with Crippen molar-refractivity contribution in [1.29, 1.82) is 0 Å². The van der Waals surface area contributed by atoms with E-state index in [0.29, 0.717) is 11.6 Å². The molecule has 3 aliphatic rings. The van der Waals surface area contributed by atoms with Crippen molar-refractivity contribution in [3.8, 4) is 57.5 Å². The third-order valence-corrected chi connectivity index (χ3v) is 11.8. The van der Waals surface area contributed by atoms with Gasteiger partial charge in [0, 0.05) is 38.8 Å². The lowest BCUT2D eigenvalue weighted by Gasteiger charge is -2.37. The van der Waals surface area contributed by atoms with E-state index < -0.39 is 0 Å². The molecule has 0 unspecified atom stereocenters. The number of ether oxygens (including phenoxy) is 3. The Bertz CT molecular complexity index is 3470. The first-order chi connectivity index (χ1) is 28.2. The summed E-state index contributed by atoms with van der Waals surface area (Å²) in [6, 6.07) is 51.8. The van der Waals surface area contributed by atoms with Gasteiger partial charge in [0.05, 0.1) is 38.8 Å². The number of aromatic nitrogens is 6. The van der Waals surface area contributed by atoms with Gasteiger partial charge in [-0.05, 0) is 72.8 Å². The maximum absolute atomic E-state index is 6.75. The van der Waals surface area contributed by atoms with E-state index in [9.17, 15) is 0 Å². The molecule has 11 aromatic rings. The van der Waals surface area contributed by atoms with Gasteiger partial charge in [-0.2, -0.15) is 4.98 Å². The topological polar surface area (TPSA) is 80.6 Å².